The van der Waals surface area contributed by atoms with Gasteiger partial charge in [-0.3, -0.25) is 4.79 Å². The monoisotopic (exact) mass is 251 g/mol. The van der Waals surface area contributed by atoms with Gasteiger partial charge in [0.25, 0.3) is 5.91 Å². The zero-order valence-corrected chi connectivity index (χ0v) is 9.35. The SMILES string of the molecule is O=C(NC(c1ccccc1)c1ccco1)C(F)F. The van der Waals surface area contributed by atoms with Crippen LogP contribution in [0.25, 0.3) is 0 Å². The molecular weight excluding hydrogens is 240 g/mol. The van der Waals surface area contributed by atoms with Gasteiger partial charge >= 0.3 is 6.43 Å². The van der Waals surface area contributed by atoms with Crippen molar-refractivity contribution in [1.82, 2.24) is 5.32 Å². The lowest BCUT2D eigenvalue weighted by Crippen LogP contribution is -2.33. The van der Waals surface area contributed by atoms with Gasteiger partial charge in [0.1, 0.15) is 11.8 Å². The molecule has 0 bridgehead atoms. The molecule has 0 saturated carbocycles. The number of carbonyl (C=O) groups excluding carboxylic acids is 1. The molecule has 0 spiro atoms. The van der Waals surface area contributed by atoms with Crippen LogP contribution in [-0.2, 0) is 4.79 Å². The predicted octanol–water partition coefficient (Wildman–Crippen LogP) is 2.75. The second-order valence-electron chi connectivity index (χ2n) is 3.67. The molecule has 2 aromatic rings. The molecule has 18 heavy (non-hydrogen) atoms. The van der Waals surface area contributed by atoms with Crippen LogP contribution in [0, 0.1) is 0 Å². The van der Waals surface area contributed by atoms with Crippen molar-refractivity contribution in [2.45, 2.75) is 12.5 Å². The number of nitrogens with one attached hydrogen (secondary N) is 1. The van der Waals surface area contributed by atoms with Gasteiger partial charge in [-0.2, -0.15) is 8.78 Å². The minimum absolute atomic E-state index is 0.412. The number of hydrogen-bond donors (Lipinski definition) is 1. The summed E-state index contributed by atoms with van der Waals surface area (Å²) in [5.41, 5.74) is 0.682. The van der Waals surface area contributed by atoms with Crippen molar-refractivity contribution in [3.63, 3.8) is 0 Å². The van der Waals surface area contributed by atoms with Crippen molar-refractivity contribution >= 4 is 5.91 Å². The molecule has 1 amide bonds. The fourth-order valence-electron chi connectivity index (χ4n) is 1.62. The Hall–Kier alpha value is -2.17. The summed E-state index contributed by atoms with van der Waals surface area (Å²) in [6, 6.07) is 11.4. The molecule has 94 valence electrons. The second kappa shape index (κ2) is 5.44. The van der Waals surface area contributed by atoms with Crippen LogP contribution in [0.2, 0.25) is 0 Å². The van der Waals surface area contributed by atoms with Crippen molar-refractivity contribution in [2.75, 3.05) is 0 Å². The van der Waals surface area contributed by atoms with E-state index in [1.165, 1.54) is 6.26 Å². The van der Waals surface area contributed by atoms with Gasteiger partial charge in [0.15, 0.2) is 0 Å². The van der Waals surface area contributed by atoms with E-state index >= 15 is 0 Å². The summed E-state index contributed by atoms with van der Waals surface area (Å²) in [6.07, 6.45) is -1.62. The predicted molar refractivity (Wildman–Crippen MR) is 61.1 cm³/mol. The van der Waals surface area contributed by atoms with Gasteiger partial charge in [0.2, 0.25) is 0 Å². The van der Waals surface area contributed by atoms with Crippen LogP contribution >= 0.6 is 0 Å². The minimum atomic E-state index is -3.05. The second-order valence-corrected chi connectivity index (χ2v) is 3.67. The highest BCUT2D eigenvalue weighted by Gasteiger charge is 2.23. The summed E-state index contributed by atoms with van der Waals surface area (Å²) >= 11 is 0. The van der Waals surface area contributed by atoms with Gasteiger partial charge in [-0.05, 0) is 17.7 Å². The molecule has 0 saturated heterocycles. The Labute approximate surface area is 102 Å². The standard InChI is InChI=1S/C13H11F2NO2/c14-12(15)13(17)16-11(10-7-4-8-18-10)9-5-2-1-3-6-9/h1-8,11-12H,(H,16,17). The largest absolute Gasteiger partial charge is 0.467 e. The Morgan fingerprint density at radius 1 is 1.11 bits per heavy atom. The lowest BCUT2D eigenvalue weighted by atomic mass is 10.0. The van der Waals surface area contributed by atoms with Gasteiger partial charge in [0.05, 0.1) is 6.26 Å². The smallest absolute Gasteiger partial charge is 0.315 e. The van der Waals surface area contributed by atoms with Crippen LogP contribution in [0.3, 0.4) is 0 Å². The first kappa shape index (κ1) is 12.3. The number of hydrogen-bond acceptors (Lipinski definition) is 2. The fraction of sp³-hybridized carbons (Fsp3) is 0.154. The number of halogens is 2. The molecule has 1 N–H and O–H groups in total. The topological polar surface area (TPSA) is 42.2 Å². The Morgan fingerprint density at radius 2 is 1.83 bits per heavy atom. The molecular formula is C13H11F2NO2. The van der Waals surface area contributed by atoms with E-state index in [0.717, 1.165) is 0 Å². The molecule has 1 unspecified atom stereocenters. The Bertz CT molecular complexity index is 497. The van der Waals surface area contributed by atoms with E-state index in [4.69, 9.17) is 4.42 Å². The Morgan fingerprint density at radius 3 is 2.39 bits per heavy atom. The maximum absolute atomic E-state index is 12.3. The molecule has 3 nitrogen and oxygen atoms in total. The van der Waals surface area contributed by atoms with Crippen molar-refractivity contribution in [1.29, 1.82) is 0 Å². The first-order valence-corrected chi connectivity index (χ1v) is 5.35. The molecule has 1 atom stereocenters. The molecule has 0 aliphatic rings. The van der Waals surface area contributed by atoms with E-state index in [2.05, 4.69) is 5.32 Å². The zero-order valence-electron chi connectivity index (χ0n) is 9.35. The first-order valence-electron chi connectivity index (χ1n) is 5.35. The Balaban J connectivity index is 2.27. The average Bonchev–Trinajstić information content (AvgIpc) is 2.90. The van der Waals surface area contributed by atoms with Crippen molar-refractivity contribution < 1.29 is 18.0 Å². The lowest BCUT2D eigenvalue weighted by Gasteiger charge is -2.16. The van der Waals surface area contributed by atoms with Gasteiger partial charge in [-0.15, -0.1) is 0 Å². The van der Waals surface area contributed by atoms with Crippen LogP contribution in [-0.4, -0.2) is 12.3 Å². The summed E-state index contributed by atoms with van der Waals surface area (Å²) < 4.78 is 29.8. The highest BCUT2D eigenvalue weighted by Crippen LogP contribution is 2.22. The normalized spacial score (nSPS) is 12.4. The number of carbonyl (C=O) groups is 1. The molecule has 1 aromatic carbocycles. The first-order chi connectivity index (χ1) is 8.68. The summed E-state index contributed by atoms with van der Waals surface area (Å²) in [7, 11) is 0. The van der Waals surface area contributed by atoms with Crippen LogP contribution < -0.4 is 5.32 Å². The van der Waals surface area contributed by atoms with Crippen molar-refractivity contribution in [2.24, 2.45) is 0 Å². The van der Waals surface area contributed by atoms with Gasteiger partial charge < -0.3 is 9.73 Å². The maximum atomic E-state index is 12.3. The summed E-state index contributed by atoms with van der Waals surface area (Å²) in [6.45, 7) is 0. The van der Waals surface area contributed by atoms with Gasteiger partial charge in [0, 0.05) is 0 Å². The van der Waals surface area contributed by atoms with Crippen LogP contribution in [0.4, 0.5) is 8.78 Å². The van der Waals surface area contributed by atoms with E-state index in [9.17, 15) is 13.6 Å². The van der Waals surface area contributed by atoms with E-state index < -0.39 is 18.4 Å². The zero-order chi connectivity index (χ0) is 13.0. The lowest BCUT2D eigenvalue weighted by molar-refractivity contribution is -0.132. The summed E-state index contributed by atoms with van der Waals surface area (Å²) in [5, 5.41) is 2.25. The van der Waals surface area contributed by atoms with Crippen LogP contribution in [0.5, 0.6) is 0 Å². The average molecular weight is 251 g/mol. The maximum Gasteiger partial charge on any atom is 0.315 e. The molecule has 1 heterocycles. The molecule has 0 radical (unpaired) electrons. The van der Waals surface area contributed by atoms with Gasteiger partial charge in [-0.1, -0.05) is 30.3 Å². The molecule has 1 aromatic heterocycles. The number of rotatable bonds is 4. The molecule has 0 fully saturated rings. The van der Waals surface area contributed by atoms with Gasteiger partial charge in [-0.25, -0.2) is 0 Å². The van der Waals surface area contributed by atoms with E-state index in [1.54, 1.807) is 42.5 Å². The highest BCUT2D eigenvalue weighted by molar-refractivity contribution is 5.79. The van der Waals surface area contributed by atoms with Crippen LogP contribution in [0.15, 0.2) is 53.1 Å². The number of alkyl halides is 2. The minimum Gasteiger partial charge on any atom is -0.467 e. The number of amides is 1. The third-order valence-electron chi connectivity index (χ3n) is 2.45. The fourth-order valence-corrected chi connectivity index (χ4v) is 1.62. The third-order valence-corrected chi connectivity index (χ3v) is 2.45. The van der Waals surface area contributed by atoms with Crippen molar-refractivity contribution in [3.05, 3.63) is 60.1 Å². The van der Waals surface area contributed by atoms with E-state index in [1.807, 2.05) is 0 Å². The molecule has 5 heteroatoms. The third kappa shape index (κ3) is 2.74. The quantitative estimate of drug-likeness (QED) is 0.907. The number of benzene rings is 1. The number of furan rings is 1. The molecule has 2 rings (SSSR count). The van der Waals surface area contributed by atoms with Crippen molar-refractivity contribution in [3.8, 4) is 0 Å². The Kier molecular flexibility index (Phi) is 3.72. The molecule has 0 aliphatic carbocycles. The molecule has 0 aliphatic heterocycles. The summed E-state index contributed by atoms with van der Waals surface area (Å²) in [5.74, 6) is -0.907. The van der Waals surface area contributed by atoms with Crippen LogP contribution in [0.1, 0.15) is 17.4 Å². The van der Waals surface area contributed by atoms with E-state index in [-0.39, 0.29) is 0 Å². The highest BCUT2D eigenvalue weighted by atomic mass is 19.3. The van der Waals surface area contributed by atoms with E-state index in [0.29, 0.717) is 11.3 Å². The summed E-state index contributed by atoms with van der Waals surface area (Å²) in [4.78, 5) is 11.1.